The van der Waals surface area contributed by atoms with Gasteiger partial charge in [-0.15, -0.1) is 10.2 Å². The molecule has 2 amide bonds. The number of amides is 2. The summed E-state index contributed by atoms with van der Waals surface area (Å²) in [6, 6.07) is 14.8. The van der Waals surface area contributed by atoms with E-state index in [1.54, 1.807) is 18.2 Å². The van der Waals surface area contributed by atoms with Gasteiger partial charge in [0.1, 0.15) is 10.8 Å². The highest BCUT2D eigenvalue weighted by Gasteiger charge is 2.25. The molecule has 1 aliphatic heterocycles. The maximum absolute atomic E-state index is 13.2. The number of anilines is 2. The number of benzene rings is 2. The molecule has 2 aromatic carbocycles. The van der Waals surface area contributed by atoms with Crippen molar-refractivity contribution in [1.29, 1.82) is 0 Å². The lowest BCUT2D eigenvalue weighted by Gasteiger charge is -2.31. The quantitative estimate of drug-likeness (QED) is 0.498. The first-order valence-electron chi connectivity index (χ1n) is 11.8. The zero-order valence-electron chi connectivity index (χ0n) is 19.6. The average Bonchev–Trinajstić information content (AvgIpc) is 3.55. The van der Waals surface area contributed by atoms with E-state index in [1.165, 1.54) is 11.3 Å². The van der Waals surface area contributed by atoms with Crippen LogP contribution in [0.1, 0.15) is 23.2 Å². The van der Waals surface area contributed by atoms with Crippen molar-refractivity contribution < 1.29 is 14.3 Å². The van der Waals surface area contributed by atoms with Crippen LogP contribution >= 0.6 is 11.3 Å². The number of hydrogen-bond donors (Lipinski definition) is 2. The minimum Gasteiger partial charge on any atom is -0.490 e. The van der Waals surface area contributed by atoms with E-state index < -0.39 is 0 Å². The first-order chi connectivity index (χ1) is 17.0. The molecule has 10 heteroatoms. The van der Waals surface area contributed by atoms with E-state index in [0.29, 0.717) is 22.1 Å². The van der Waals surface area contributed by atoms with Crippen molar-refractivity contribution in [2.75, 3.05) is 50.4 Å². The Morgan fingerprint density at radius 3 is 2.54 bits per heavy atom. The molecule has 35 heavy (non-hydrogen) atoms. The highest BCUT2D eigenvalue weighted by molar-refractivity contribution is 7.18. The van der Waals surface area contributed by atoms with Crippen LogP contribution in [-0.2, 0) is 4.79 Å². The van der Waals surface area contributed by atoms with Crippen LogP contribution in [0.3, 0.4) is 0 Å². The number of carbonyl (C=O) groups is 2. The number of nitrogens with zero attached hydrogens (tertiary/aromatic N) is 4. The van der Waals surface area contributed by atoms with Gasteiger partial charge in [-0.3, -0.25) is 19.8 Å². The number of hydrogen-bond acceptors (Lipinski definition) is 8. The lowest BCUT2D eigenvalue weighted by atomic mass is 10.1. The van der Waals surface area contributed by atoms with Gasteiger partial charge in [-0.2, -0.15) is 0 Å². The standard InChI is InChI=1S/C25H28N6O3S/c1-30-11-13-31(14-12-30)16-22(32)26-21-15-19(34-18-7-8-18)9-10-20(21)23(33)27-25-29-28-24(35-25)17-5-3-2-4-6-17/h2-6,9-10,15,18H,7-8,11-14,16H2,1H3,(H,26,32)(H,27,29,33). The largest absolute Gasteiger partial charge is 0.490 e. The SMILES string of the molecule is CN1CCN(CC(=O)Nc2cc(OC3CC3)ccc2C(=O)Nc2nnc(-c3ccccc3)s2)CC1. The Kier molecular flexibility index (Phi) is 7.03. The second-order valence-corrected chi connectivity index (χ2v) is 9.86. The fraction of sp³-hybridized carbons (Fsp3) is 0.360. The molecule has 1 saturated heterocycles. The molecule has 0 spiro atoms. The molecule has 0 atom stereocenters. The van der Waals surface area contributed by atoms with Gasteiger partial charge in [0.25, 0.3) is 5.91 Å². The Bertz CT molecular complexity index is 1190. The van der Waals surface area contributed by atoms with Crippen molar-refractivity contribution in [2.45, 2.75) is 18.9 Å². The summed E-state index contributed by atoms with van der Waals surface area (Å²) in [4.78, 5) is 30.4. The summed E-state index contributed by atoms with van der Waals surface area (Å²) >= 11 is 1.30. The molecule has 0 bridgehead atoms. The van der Waals surface area contributed by atoms with Gasteiger partial charge in [0.15, 0.2) is 0 Å². The molecule has 5 rings (SSSR count). The van der Waals surface area contributed by atoms with E-state index in [-0.39, 0.29) is 24.5 Å². The summed E-state index contributed by atoms with van der Waals surface area (Å²) in [5, 5.41) is 15.2. The van der Waals surface area contributed by atoms with E-state index >= 15 is 0 Å². The second kappa shape index (κ2) is 10.5. The minimum atomic E-state index is -0.367. The van der Waals surface area contributed by atoms with E-state index in [0.717, 1.165) is 49.6 Å². The Hall–Kier alpha value is -3.34. The maximum Gasteiger partial charge on any atom is 0.259 e. The highest BCUT2D eigenvalue weighted by Crippen LogP contribution is 2.31. The first kappa shape index (κ1) is 23.4. The molecule has 2 aliphatic rings. The molecular weight excluding hydrogens is 464 g/mol. The van der Waals surface area contributed by atoms with Crippen LogP contribution in [0.5, 0.6) is 5.75 Å². The zero-order valence-corrected chi connectivity index (χ0v) is 20.4. The number of piperazine rings is 1. The van der Waals surface area contributed by atoms with Crippen molar-refractivity contribution in [3.63, 3.8) is 0 Å². The number of nitrogens with one attached hydrogen (secondary N) is 2. The lowest BCUT2D eigenvalue weighted by molar-refractivity contribution is -0.117. The fourth-order valence-electron chi connectivity index (χ4n) is 3.81. The van der Waals surface area contributed by atoms with Crippen molar-refractivity contribution in [1.82, 2.24) is 20.0 Å². The topological polar surface area (TPSA) is 99.7 Å². The summed E-state index contributed by atoms with van der Waals surface area (Å²) in [5.74, 6) is 0.115. The van der Waals surface area contributed by atoms with E-state index in [1.807, 2.05) is 30.3 Å². The molecule has 1 saturated carbocycles. The van der Waals surface area contributed by atoms with E-state index in [4.69, 9.17) is 4.74 Å². The Labute approximate surface area is 208 Å². The van der Waals surface area contributed by atoms with Gasteiger partial charge in [0.05, 0.1) is 23.9 Å². The molecule has 3 aromatic rings. The normalized spacial score (nSPS) is 16.6. The van der Waals surface area contributed by atoms with Crippen LogP contribution in [0, 0.1) is 0 Å². The summed E-state index contributed by atoms with van der Waals surface area (Å²) < 4.78 is 5.90. The molecule has 2 fully saturated rings. The third kappa shape index (κ3) is 6.21. The van der Waals surface area contributed by atoms with Gasteiger partial charge < -0.3 is 15.0 Å². The van der Waals surface area contributed by atoms with Crippen LogP contribution < -0.4 is 15.4 Å². The van der Waals surface area contributed by atoms with Crippen LogP contribution in [0.4, 0.5) is 10.8 Å². The highest BCUT2D eigenvalue weighted by atomic mass is 32.1. The third-order valence-corrected chi connectivity index (χ3v) is 6.85. The number of ether oxygens (including phenoxy) is 1. The number of rotatable bonds is 8. The Morgan fingerprint density at radius 1 is 1.03 bits per heavy atom. The molecule has 182 valence electrons. The van der Waals surface area contributed by atoms with Crippen LogP contribution in [-0.4, -0.2) is 77.7 Å². The lowest BCUT2D eigenvalue weighted by Crippen LogP contribution is -2.47. The zero-order chi connectivity index (χ0) is 24.2. The number of likely N-dealkylation sites (N-methyl/N-ethyl adjacent to an activating group) is 1. The van der Waals surface area contributed by atoms with Crippen molar-refractivity contribution in [2.24, 2.45) is 0 Å². The molecule has 0 unspecified atom stereocenters. The summed E-state index contributed by atoms with van der Waals surface area (Å²) in [7, 11) is 2.08. The second-order valence-electron chi connectivity index (χ2n) is 8.88. The van der Waals surface area contributed by atoms with E-state index in [9.17, 15) is 9.59 Å². The van der Waals surface area contributed by atoms with Gasteiger partial charge in [-0.05, 0) is 32.0 Å². The predicted octanol–water partition coefficient (Wildman–Crippen LogP) is 3.18. The smallest absolute Gasteiger partial charge is 0.259 e. The monoisotopic (exact) mass is 492 g/mol. The van der Waals surface area contributed by atoms with Crippen molar-refractivity contribution in [3.05, 3.63) is 54.1 Å². The van der Waals surface area contributed by atoms with E-state index in [2.05, 4.69) is 37.7 Å². The third-order valence-electron chi connectivity index (χ3n) is 5.97. The van der Waals surface area contributed by atoms with Gasteiger partial charge >= 0.3 is 0 Å². The molecule has 1 aliphatic carbocycles. The van der Waals surface area contributed by atoms with Gasteiger partial charge in [-0.1, -0.05) is 41.7 Å². The minimum absolute atomic E-state index is 0.158. The predicted molar refractivity (Wildman–Crippen MR) is 136 cm³/mol. The van der Waals surface area contributed by atoms with Crippen LogP contribution in [0.25, 0.3) is 10.6 Å². The van der Waals surface area contributed by atoms with Crippen LogP contribution in [0.15, 0.2) is 48.5 Å². The number of carbonyl (C=O) groups excluding carboxylic acids is 2. The number of aromatic nitrogens is 2. The summed E-state index contributed by atoms with van der Waals surface area (Å²) in [6.45, 7) is 3.81. The maximum atomic E-state index is 13.2. The first-order valence-corrected chi connectivity index (χ1v) is 12.6. The summed E-state index contributed by atoms with van der Waals surface area (Å²) in [6.07, 6.45) is 2.25. The Balaban J connectivity index is 1.30. The van der Waals surface area contributed by atoms with Crippen molar-refractivity contribution >= 4 is 34.0 Å². The molecule has 0 radical (unpaired) electrons. The van der Waals surface area contributed by atoms with Gasteiger partial charge in [0.2, 0.25) is 11.0 Å². The molecule has 1 aromatic heterocycles. The average molecular weight is 493 g/mol. The van der Waals surface area contributed by atoms with Gasteiger partial charge in [-0.25, -0.2) is 0 Å². The van der Waals surface area contributed by atoms with Crippen LogP contribution in [0.2, 0.25) is 0 Å². The molecule has 2 N–H and O–H groups in total. The van der Waals surface area contributed by atoms with Crippen molar-refractivity contribution in [3.8, 4) is 16.3 Å². The molecule has 2 heterocycles. The molecule has 9 nitrogen and oxygen atoms in total. The summed E-state index contributed by atoms with van der Waals surface area (Å²) in [5.41, 5.74) is 1.70. The Morgan fingerprint density at radius 2 is 1.80 bits per heavy atom. The fourth-order valence-corrected chi connectivity index (χ4v) is 4.55. The van der Waals surface area contributed by atoms with Gasteiger partial charge in [0, 0.05) is 37.8 Å². The molecular formula is C25H28N6O3S.